The molecular formula is C18H30N2O3. The molecule has 5 nitrogen and oxygen atoms in total. The fraction of sp³-hybridized carbons (Fsp3) is 0.667. The minimum atomic E-state index is -1.37. The molecule has 1 aromatic carbocycles. The molecule has 1 aromatic rings. The Bertz CT molecular complexity index is 591. The Labute approximate surface area is 138 Å². The normalized spacial score (nSPS) is 16.0. The number of anilines is 2. The molecule has 1 aliphatic rings. The van der Waals surface area contributed by atoms with Gasteiger partial charge in [0.2, 0.25) is 0 Å². The summed E-state index contributed by atoms with van der Waals surface area (Å²) in [6.45, 7) is 10.9. The first kappa shape index (κ1) is 18.0. The van der Waals surface area contributed by atoms with Gasteiger partial charge in [0.1, 0.15) is 6.23 Å². The average Bonchev–Trinajstić information content (AvgIpc) is 2.80. The SMILES string of the molecule is Cc1c(CC(O)O)c(C)c(NC(O)C(C)(C)C)c2c1CCN2C. The second-order valence-corrected chi connectivity index (χ2v) is 7.70. The highest BCUT2D eigenvalue weighted by molar-refractivity contribution is 5.82. The fourth-order valence-electron chi connectivity index (χ4n) is 3.26. The van der Waals surface area contributed by atoms with Gasteiger partial charge in [0.15, 0.2) is 6.29 Å². The van der Waals surface area contributed by atoms with Crippen LogP contribution in [0, 0.1) is 19.3 Å². The maximum atomic E-state index is 10.5. The van der Waals surface area contributed by atoms with E-state index in [-0.39, 0.29) is 11.8 Å². The summed E-state index contributed by atoms with van der Waals surface area (Å²) < 4.78 is 0. The number of rotatable bonds is 4. The van der Waals surface area contributed by atoms with Crippen molar-refractivity contribution in [2.45, 2.75) is 60.0 Å². The van der Waals surface area contributed by atoms with Gasteiger partial charge >= 0.3 is 0 Å². The summed E-state index contributed by atoms with van der Waals surface area (Å²) in [5.41, 5.74) is 6.04. The molecular weight excluding hydrogens is 292 g/mol. The fourth-order valence-corrected chi connectivity index (χ4v) is 3.26. The molecule has 1 aliphatic heterocycles. The molecule has 0 radical (unpaired) electrons. The van der Waals surface area contributed by atoms with Crippen LogP contribution in [0.4, 0.5) is 11.4 Å². The van der Waals surface area contributed by atoms with Crippen LogP contribution in [0.1, 0.15) is 43.0 Å². The van der Waals surface area contributed by atoms with E-state index >= 15 is 0 Å². The lowest BCUT2D eigenvalue weighted by atomic mass is 9.90. The standard InChI is InChI=1S/C18H30N2O3/c1-10-12-7-8-20(6)16(12)15(19-17(23)18(3,4)5)11(2)13(10)9-14(21)22/h14,17,19,21-23H,7-9H2,1-6H3. The molecule has 0 aliphatic carbocycles. The van der Waals surface area contributed by atoms with Crippen LogP contribution in [0.5, 0.6) is 0 Å². The summed E-state index contributed by atoms with van der Waals surface area (Å²) in [6.07, 6.45) is -0.916. The summed E-state index contributed by atoms with van der Waals surface area (Å²) in [4.78, 5) is 2.20. The maximum absolute atomic E-state index is 10.5. The number of hydrogen-bond donors (Lipinski definition) is 4. The third-order valence-electron chi connectivity index (χ3n) is 4.82. The highest BCUT2D eigenvalue weighted by Gasteiger charge is 2.30. The molecule has 0 spiro atoms. The predicted octanol–water partition coefficient (Wildman–Crippen LogP) is 1.93. The third-order valence-corrected chi connectivity index (χ3v) is 4.82. The van der Waals surface area contributed by atoms with Crippen LogP contribution in [0.15, 0.2) is 0 Å². The van der Waals surface area contributed by atoms with E-state index in [0.717, 1.165) is 41.0 Å². The third kappa shape index (κ3) is 3.47. The highest BCUT2D eigenvalue weighted by Crippen LogP contribution is 2.43. The van der Waals surface area contributed by atoms with Gasteiger partial charge in [-0.25, -0.2) is 0 Å². The number of aliphatic hydroxyl groups excluding tert-OH is 2. The number of nitrogens with zero attached hydrogens (tertiary/aromatic N) is 1. The van der Waals surface area contributed by atoms with Gasteiger partial charge in [-0.05, 0) is 42.5 Å². The van der Waals surface area contributed by atoms with Crippen LogP contribution in [-0.2, 0) is 12.8 Å². The number of likely N-dealkylation sites (N-methyl/N-ethyl adjacent to an activating group) is 1. The highest BCUT2D eigenvalue weighted by atomic mass is 16.5. The molecule has 0 bridgehead atoms. The summed E-state index contributed by atoms with van der Waals surface area (Å²) in [5.74, 6) is 0. The van der Waals surface area contributed by atoms with Crippen LogP contribution in [0.3, 0.4) is 0 Å². The number of aliphatic hydroxyl groups is 3. The molecule has 4 N–H and O–H groups in total. The molecule has 1 heterocycles. The van der Waals surface area contributed by atoms with Gasteiger partial charge in [0, 0.05) is 25.4 Å². The zero-order valence-electron chi connectivity index (χ0n) is 15.1. The van der Waals surface area contributed by atoms with Crippen molar-refractivity contribution in [3.63, 3.8) is 0 Å². The molecule has 5 heteroatoms. The van der Waals surface area contributed by atoms with Gasteiger partial charge < -0.3 is 25.5 Å². The van der Waals surface area contributed by atoms with E-state index in [1.165, 1.54) is 5.56 Å². The van der Waals surface area contributed by atoms with Gasteiger partial charge in [-0.15, -0.1) is 0 Å². The van der Waals surface area contributed by atoms with E-state index in [2.05, 4.69) is 17.3 Å². The smallest absolute Gasteiger partial charge is 0.155 e. The Morgan fingerprint density at radius 1 is 1.13 bits per heavy atom. The van der Waals surface area contributed by atoms with E-state index in [4.69, 9.17) is 0 Å². The predicted molar refractivity (Wildman–Crippen MR) is 93.9 cm³/mol. The van der Waals surface area contributed by atoms with E-state index in [1.807, 2.05) is 34.6 Å². The van der Waals surface area contributed by atoms with Crippen molar-refractivity contribution in [2.24, 2.45) is 5.41 Å². The van der Waals surface area contributed by atoms with Crippen molar-refractivity contribution in [3.8, 4) is 0 Å². The topological polar surface area (TPSA) is 76.0 Å². The number of benzene rings is 1. The van der Waals surface area contributed by atoms with E-state index in [0.29, 0.717) is 0 Å². The van der Waals surface area contributed by atoms with Crippen LogP contribution in [0.2, 0.25) is 0 Å². The summed E-state index contributed by atoms with van der Waals surface area (Å²) >= 11 is 0. The Balaban J connectivity index is 2.58. The molecule has 0 aromatic heterocycles. The first-order valence-corrected chi connectivity index (χ1v) is 8.20. The number of hydrogen-bond acceptors (Lipinski definition) is 5. The lowest BCUT2D eigenvalue weighted by Gasteiger charge is -2.31. The van der Waals surface area contributed by atoms with Crippen LogP contribution < -0.4 is 10.2 Å². The Morgan fingerprint density at radius 3 is 2.26 bits per heavy atom. The maximum Gasteiger partial charge on any atom is 0.155 e. The van der Waals surface area contributed by atoms with Crippen molar-refractivity contribution in [1.29, 1.82) is 0 Å². The molecule has 1 atom stereocenters. The molecule has 0 saturated carbocycles. The van der Waals surface area contributed by atoms with Crippen molar-refractivity contribution in [1.82, 2.24) is 0 Å². The van der Waals surface area contributed by atoms with Crippen molar-refractivity contribution in [3.05, 3.63) is 22.3 Å². The molecule has 130 valence electrons. The quantitative estimate of drug-likeness (QED) is 0.637. The molecule has 0 fully saturated rings. The van der Waals surface area contributed by atoms with Crippen molar-refractivity contribution in [2.75, 3.05) is 23.8 Å². The average molecular weight is 322 g/mol. The zero-order valence-corrected chi connectivity index (χ0v) is 15.1. The van der Waals surface area contributed by atoms with E-state index in [9.17, 15) is 15.3 Å². The number of fused-ring (bicyclic) bond motifs is 1. The van der Waals surface area contributed by atoms with Gasteiger partial charge in [-0.1, -0.05) is 20.8 Å². The molecule has 23 heavy (non-hydrogen) atoms. The van der Waals surface area contributed by atoms with Gasteiger partial charge in [-0.2, -0.15) is 0 Å². The van der Waals surface area contributed by atoms with Gasteiger partial charge in [0.25, 0.3) is 0 Å². The van der Waals surface area contributed by atoms with Crippen molar-refractivity contribution >= 4 is 11.4 Å². The molecule has 2 rings (SSSR count). The number of nitrogens with one attached hydrogen (secondary N) is 1. The lowest BCUT2D eigenvalue weighted by Crippen LogP contribution is -2.34. The van der Waals surface area contributed by atoms with Crippen LogP contribution >= 0.6 is 0 Å². The first-order valence-electron chi connectivity index (χ1n) is 8.20. The Hall–Kier alpha value is -1.30. The summed E-state index contributed by atoms with van der Waals surface area (Å²) in [7, 11) is 2.06. The lowest BCUT2D eigenvalue weighted by molar-refractivity contribution is -0.0383. The van der Waals surface area contributed by atoms with E-state index < -0.39 is 12.5 Å². The monoisotopic (exact) mass is 322 g/mol. The van der Waals surface area contributed by atoms with Crippen molar-refractivity contribution < 1.29 is 15.3 Å². The minimum Gasteiger partial charge on any atom is -0.373 e. The van der Waals surface area contributed by atoms with Crippen LogP contribution in [0.25, 0.3) is 0 Å². The van der Waals surface area contributed by atoms with Gasteiger partial charge in [0.05, 0.1) is 11.4 Å². The van der Waals surface area contributed by atoms with Crippen LogP contribution in [-0.4, -0.2) is 41.4 Å². The Morgan fingerprint density at radius 2 is 1.74 bits per heavy atom. The second kappa shape index (κ2) is 6.30. The first-order chi connectivity index (χ1) is 10.5. The molecule has 1 unspecified atom stereocenters. The second-order valence-electron chi connectivity index (χ2n) is 7.70. The summed E-state index contributed by atoms with van der Waals surface area (Å²) in [6, 6.07) is 0. The minimum absolute atomic E-state index is 0.203. The Kier molecular flexibility index (Phi) is 4.95. The largest absolute Gasteiger partial charge is 0.373 e. The zero-order chi connectivity index (χ0) is 17.5. The van der Waals surface area contributed by atoms with E-state index in [1.54, 1.807) is 0 Å². The molecule has 0 saturated heterocycles. The molecule has 0 amide bonds. The van der Waals surface area contributed by atoms with Gasteiger partial charge in [-0.3, -0.25) is 0 Å². The summed E-state index contributed by atoms with van der Waals surface area (Å²) in [5, 5.41) is 32.6.